The van der Waals surface area contributed by atoms with Gasteiger partial charge in [-0.05, 0) is 49.6 Å². The monoisotopic (exact) mass is 391 g/mol. The fraction of sp³-hybridized carbons (Fsp3) is 0.409. The SMILES string of the molecule is CN=C(NCCc1nnc2ccccn12)NC(C)c1cccc(N2CCCC2)c1. The molecule has 0 aliphatic carbocycles. The summed E-state index contributed by atoms with van der Waals surface area (Å²) in [6.07, 6.45) is 5.34. The predicted molar refractivity (Wildman–Crippen MR) is 117 cm³/mol. The number of hydrogen-bond donors (Lipinski definition) is 2. The van der Waals surface area contributed by atoms with E-state index in [9.17, 15) is 0 Å². The van der Waals surface area contributed by atoms with Gasteiger partial charge in [-0.3, -0.25) is 9.39 Å². The highest BCUT2D eigenvalue weighted by Crippen LogP contribution is 2.23. The fourth-order valence-electron chi connectivity index (χ4n) is 3.80. The quantitative estimate of drug-likeness (QED) is 0.499. The van der Waals surface area contributed by atoms with E-state index in [0.29, 0.717) is 0 Å². The van der Waals surface area contributed by atoms with Crippen LogP contribution >= 0.6 is 0 Å². The number of fused-ring (bicyclic) bond motifs is 1. The molecule has 0 saturated carbocycles. The van der Waals surface area contributed by atoms with Gasteiger partial charge in [0.25, 0.3) is 0 Å². The lowest BCUT2D eigenvalue weighted by atomic mass is 10.1. The van der Waals surface area contributed by atoms with E-state index < -0.39 is 0 Å². The van der Waals surface area contributed by atoms with Gasteiger partial charge >= 0.3 is 0 Å². The largest absolute Gasteiger partial charge is 0.372 e. The van der Waals surface area contributed by atoms with Gasteiger partial charge in [0, 0.05) is 45.0 Å². The third kappa shape index (κ3) is 4.50. The van der Waals surface area contributed by atoms with Crippen LogP contribution in [0.5, 0.6) is 0 Å². The Hall–Kier alpha value is -3.09. The molecule has 0 spiro atoms. The Bertz CT molecular complexity index is 972. The molecule has 2 N–H and O–H groups in total. The summed E-state index contributed by atoms with van der Waals surface area (Å²) in [5.74, 6) is 1.73. The number of pyridine rings is 1. The van der Waals surface area contributed by atoms with Gasteiger partial charge in [-0.2, -0.15) is 0 Å². The first-order valence-electron chi connectivity index (χ1n) is 10.4. The first kappa shape index (κ1) is 19.2. The molecule has 1 fully saturated rings. The van der Waals surface area contributed by atoms with E-state index in [-0.39, 0.29) is 6.04 Å². The molecule has 1 aliphatic heterocycles. The van der Waals surface area contributed by atoms with Gasteiger partial charge in [0.2, 0.25) is 0 Å². The molecule has 0 bridgehead atoms. The molecular formula is C22H29N7. The van der Waals surface area contributed by atoms with Crippen molar-refractivity contribution < 1.29 is 0 Å². The zero-order chi connectivity index (χ0) is 20.1. The van der Waals surface area contributed by atoms with Gasteiger partial charge < -0.3 is 15.5 Å². The van der Waals surface area contributed by atoms with Crippen molar-refractivity contribution in [3.8, 4) is 0 Å². The molecule has 1 unspecified atom stereocenters. The van der Waals surface area contributed by atoms with Gasteiger partial charge in [0.05, 0.1) is 6.04 Å². The summed E-state index contributed by atoms with van der Waals surface area (Å²) in [7, 11) is 1.80. The molecule has 152 valence electrons. The fourth-order valence-corrected chi connectivity index (χ4v) is 3.80. The van der Waals surface area contributed by atoms with Crippen molar-refractivity contribution in [3.05, 3.63) is 60.0 Å². The maximum Gasteiger partial charge on any atom is 0.191 e. The Morgan fingerprint density at radius 2 is 2.00 bits per heavy atom. The Balaban J connectivity index is 1.33. The van der Waals surface area contributed by atoms with Crippen LogP contribution in [0.1, 0.15) is 37.2 Å². The van der Waals surface area contributed by atoms with Crippen molar-refractivity contribution >= 4 is 17.3 Å². The maximum absolute atomic E-state index is 4.38. The Morgan fingerprint density at radius 3 is 2.83 bits per heavy atom. The van der Waals surface area contributed by atoms with Crippen LogP contribution in [0.3, 0.4) is 0 Å². The molecule has 1 aromatic carbocycles. The number of aliphatic imine (C=N–C) groups is 1. The first-order valence-corrected chi connectivity index (χ1v) is 10.4. The number of anilines is 1. The minimum Gasteiger partial charge on any atom is -0.372 e. The van der Waals surface area contributed by atoms with Crippen LogP contribution in [-0.4, -0.2) is 47.2 Å². The van der Waals surface area contributed by atoms with Gasteiger partial charge in [-0.25, -0.2) is 0 Å². The van der Waals surface area contributed by atoms with Gasteiger partial charge in [-0.1, -0.05) is 18.2 Å². The molecule has 4 rings (SSSR count). The molecule has 0 amide bonds. The molecule has 29 heavy (non-hydrogen) atoms. The van der Waals surface area contributed by atoms with Crippen molar-refractivity contribution in [1.29, 1.82) is 0 Å². The molecule has 2 aromatic heterocycles. The molecule has 7 heteroatoms. The van der Waals surface area contributed by atoms with Crippen LogP contribution in [0.15, 0.2) is 53.7 Å². The Kier molecular flexibility index (Phi) is 5.93. The third-order valence-corrected chi connectivity index (χ3v) is 5.44. The number of guanidine groups is 1. The lowest BCUT2D eigenvalue weighted by Gasteiger charge is -2.22. The van der Waals surface area contributed by atoms with Crippen LogP contribution in [0, 0.1) is 0 Å². The summed E-state index contributed by atoms with van der Waals surface area (Å²) in [5, 5.41) is 15.4. The number of hydrogen-bond acceptors (Lipinski definition) is 4. The highest BCUT2D eigenvalue weighted by atomic mass is 15.2. The van der Waals surface area contributed by atoms with E-state index >= 15 is 0 Å². The van der Waals surface area contributed by atoms with Crippen molar-refractivity contribution in [2.45, 2.75) is 32.2 Å². The molecule has 3 heterocycles. The van der Waals surface area contributed by atoms with Crippen LogP contribution in [0.2, 0.25) is 0 Å². The number of benzene rings is 1. The van der Waals surface area contributed by atoms with Crippen LogP contribution < -0.4 is 15.5 Å². The zero-order valence-electron chi connectivity index (χ0n) is 17.2. The first-order chi connectivity index (χ1) is 14.2. The summed E-state index contributed by atoms with van der Waals surface area (Å²) in [6, 6.07) is 14.9. The van der Waals surface area contributed by atoms with Crippen LogP contribution in [-0.2, 0) is 6.42 Å². The zero-order valence-corrected chi connectivity index (χ0v) is 17.2. The molecule has 3 aromatic rings. The summed E-state index contributed by atoms with van der Waals surface area (Å²) in [4.78, 5) is 6.84. The number of nitrogens with zero attached hydrogens (tertiary/aromatic N) is 5. The lowest BCUT2D eigenvalue weighted by Crippen LogP contribution is -2.39. The average molecular weight is 392 g/mol. The number of nitrogens with one attached hydrogen (secondary N) is 2. The van der Waals surface area contributed by atoms with Crippen molar-refractivity contribution in [2.75, 3.05) is 31.6 Å². The minimum absolute atomic E-state index is 0.165. The standard InChI is InChI=1S/C22H29N7/c1-17(18-8-7-9-19(16-18)28-13-5-6-14-28)25-22(23-2)24-12-11-21-27-26-20-10-3-4-15-29(20)21/h3-4,7-10,15-17H,5-6,11-14H2,1-2H3,(H2,23,24,25). The second-order valence-corrected chi connectivity index (χ2v) is 7.45. The van der Waals surface area contributed by atoms with E-state index in [4.69, 9.17) is 0 Å². The minimum atomic E-state index is 0.165. The second-order valence-electron chi connectivity index (χ2n) is 7.45. The van der Waals surface area contributed by atoms with E-state index in [1.807, 2.05) is 28.8 Å². The second kappa shape index (κ2) is 8.94. The summed E-state index contributed by atoms with van der Waals surface area (Å²) in [6.45, 7) is 5.22. The normalized spacial score (nSPS) is 15.7. The Morgan fingerprint density at radius 1 is 1.14 bits per heavy atom. The van der Waals surface area contributed by atoms with Crippen molar-refractivity contribution in [2.24, 2.45) is 4.99 Å². The summed E-state index contributed by atoms with van der Waals surface area (Å²) < 4.78 is 2.02. The van der Waals surface area contributed by atoms with Crippen LogP contribution in [0.4, 0.5) is 5.69 Å². The third-order valence-electron chi connectivity index (χ3n) is 5.44. The van der Waals surface area contributed by atoms with E-state index in [1.54, 1.807) is 7.05 Å². The summed E-state index contributed by atoms with van der Waals surface area (Å²) >= 11 is 0. The summed E-state index contributed by atoms with van der Waals surface area (Å²) in [5.41, 5.74) is 3.45. The predicted octanol–water partition coefficient (Wildman–Crippen LogP) is 2.80. The smallest absolute Gasteiger partial charge is 0.191 e. The average Bonchev–Trinajstić information content (AvgIpc) is 3.43. The molecule has 1 aliphatic rings. The van der Waals surface area contributed by atoms with E-state index in [0.717, 1.165) is 43.5 Å². The molecule has 1 atom stereocenters. The van der Waals surface area contributed by atoms with Crippen molar-refractivity contribution in [3.63, 3.8) is 0 Å². The Labute approximate surface area is 171 Å². The molecular weight excluding hydrogens is 362 g/mol. The van der Waals surface area contributed by atoms with E-state index in [2.05, 4.69) is 61.9 Å². The van der Waals surface area contributed by atoms with Crippen LogP contribution in [0.25, 0.3) is 5.65 Å². The van der Waals surface area contributed by atoms with E-state index in [1.165, 1.54) is 24.1 Å². The number of aromatic nitrogens is 3. The van der Waals surface area contributed by atoms with Gasteiger partial charge in [0.1, 0.15) is 5.82 Å². The number of rotatable bonds is 6. The van der Waals surface area contributed by atoms with Gasteiger partial charge in [0.15, 0.2) is 11.6 Å². The maximum atomic E-state index is 4.38. The van der Waals surface area contributed by atoms with Gasteiger partial charge in [-0.15, -0.1) is 10.2 Å². The molecule has 7 nitrogen and oxygen atoms in total. The lowest BCUT2D eigenvalue weighted by molar-refractivity contribution is 0.679. The molecule has 0 radical (unpaired) electrons. The van der Waals surface area contributed by atoms with Crippen molar-refractivity contribution in [1.82, 2.24) is 25.2 Å². The highest BCUT2D eigenvalue weighted by Gasteiger charge is 2.14. The topological polar surface area (TPSA) is 69.8 Å². The molecule has 1 saturated heterocycles. The highest BCUT2D eigenvalue weighted by molar-refractivity contribution is 5.80.